The van der Waals surface area contributed by atoms with E-state index in [-0.39, 0.29) is 42.8 Å². The number of aliphatic hydroxyl groups is 2. The summed E-state index contributed by atoms with van der Waals surface area (Å²) in [6.45, 7) is 8.89. The van der Waals surface area contributed by atoms with Crippen molar-refractivity contribution < 1.29 is 24.5 Å². The minimum absolute atomic E-state index is 0.0400. The molecule has 1 aromatic heterocycles. The highest BCUT2D eigenvalue weighted by atomic mass is 32.1. The van der Waals surface area contributed by atoms with E-state index in [1.165, 1.54) is 17.4 Å². The predicted octanol–water partition coefficient (Wildman–Crippen LogP) is 2.36. The van der Waals surface area contributed by atoms with Crippen LogP contribution in [0.15, 0.2) is 12.7 Å². The van der Waals surface area contributed by atoms with E-state index in [9.17, 15) is 19.8 Å². The molecule has 1 heterocycles. The molecule has 1 saturated carbocycles. The molecule has 10 heteroatoms. The lowest BCUT2D eigenvalue weighted by molar-refractivity contribution is -0.144. The number of fused-ring (bicyclic) bond motifs is 2. The van der Waals surface area contributed by atoms with Gasteiger partial charge in [0.05, 0.1) is 18.4 Å². The molecule has 0 saturated heterocycles. The maximum absolute atomic E-state index is 13.0. The van der Waals surface area contributed by atoms with E-state index in [4.69, 9.17) is 9.72 Å². The van der Waals surface area contributed by atoms with E-state index in [2.05, 4.69) is 24.1 Å². The molecule has 0 radical (unpaired) electrons. The molecule has 5 unspecified atom stereocenters. The lowest BCUT2D eigenvalue weighted by Crippen LogP contribution is -2.57. The normalized spacial score (nSPS) is 30.3. The van der Waals surface area contributed by atoms with Crippen LogP contribution in [0.2, 0.25) is 0 Å². The monoisotopic (exact) mass is 494 g/mol. The molecule has 1 aromatic rings. The molecule has 0 aromatic carbocycles. The van der Waals surface area contributed by atoms with Gasteiger partial charge in [0, 0.05) is 35.7 Å². The summed E-state index contributed by atoms with van der Waals surface area (Å²) in [6.07, 6.45) is 2.43. The Hall–Kier alpha value is -2.01. The first-order chi connectivity index (χ1) is 16.0. The zero-order valence-corrected chi connectivity index (χ0v) is 21.4. The standard InChI is InChI=1S/C24H38N4O5S/c1-6-11-33-22(32)27-21-26-20-15(12-19(31)25-9-10-28(4)5)23(2)8-7-18(30)24(3,14-29)17(23)13-16(20)34-21/h6,15,17-18,29-30H,1,7-14H2,2-5H3,(H,25,31)(H,26,27,32). The van der Waals surface area contributed by atoms with Gasteiger partial charge in [-0.05, 0) is 44.7 Å². The van der Waals surface area contributed by atoms with E-state index in [1.54, 1.807) is 0 Å². The van der Waals surface area contributed by atoms with Crippen LogP contribution in [-0.2, 0) is 16.0 Å². The third kappa shape index (κ3) is 5.30. The van der Waals surface area contributed by atoms with Gasteiger partial charge in [0.2, 0.25) is 5.91 Å². The molecule has 2 amide bonds. The first-order valence-electron chi connectivity index (χ1n) is 11.8. The molecule has 1 fully saturated rings. The molecular formula is C24H38N4O5S. The van der Waals surface area contributed by atoms with E-state index >= 15 is 0 Å². The number of aliphatic hydroxyl groups excluding tert-OH is 2. The number of thiazole rings is 1. The summed E-state index contributed by atoms with van der Waals surface area (Å²) in [5.41, 5.74) is -0.204. The van der Waals surface area contributed by atoms with Gasteiger partial charge in [-0.15, -0.1) is 11.3 Å². The van der Waals surface area contributed by atoms with Gasteiger partial charge in [-0.3, -0.25) is 10.1 Å². The second kappa shape index (κ2) is 10.7. The Bertz CT molecular complexity index is 906. The summed E-state index contributed by atoms with van der Waals surface area (Å²) < 4.78 is 5.03. The summed E-state index contributed by atoms with van der Waals surface area (Å²) in [5, 5.41) is 27.3. The van der Waals surface area contributed by atoms with Crippen LogP contribution in [0.3, 0.4) is 0 Å². The van der Waals surface area contributed by atoms with Crippen LogP contribution in [0.1, 0.15) is 49.6 Å². The Morgan fingerprint density at radius 1 is 1.38 bits per heavy atom. The van der Waals surface area contributed by atoms with Crippen molar-refractivity contribution >= 4 is 28.5 Å². The van der Waals surface area contributed by atoms with Gasteiger partial charge in [-0.25, -0.2) is 9.78 Å². The molecule has 34 heavy (non-hydrogen) atoms. The first kappa shape index (κ1) is 26.6. The number of rotatable bonds is 9. The minimum atomic E-state index is -0.690. The summed E-state index contributed by atoms with van der Waals surface area (Å²) in [4.78, 5) is 32.8. The fourth-order valence-electron chi connectivity index (χ4n) is 5.63. The van der Waals surface area contributed by atoms with E-state index in [0.29, 0.717) is 24.5 Å². The molecule has 190 valence electrons. The van der Waals surface area contributed by atoms with Crippen molar-refractivity contribution in [1.82, 2.24) is 15.2 Å². The highest BCUT2D eigenvalue weighted by Gasteiger charge is 2.59. The van der Waals surface area contributed by atoms with Gasteiger partial charge in [0.15, 0.2) is 5.13 Å². The Labute approximate surface area is 205 Å². The number of hydrogen-bond donors (Lipinski definition) is 4. The fourth-order valence-corrected chi connectivity index (χ4v) is 6.69. The van der Waals surface area contributed by atoms with E-state index in [1.807, 2.05) is 25.9 Å². The maximum Gasteiger partial charge on any atom is 0.413 e. The SMILES string of the molecule is C=CCOC(=O)Nc1nc2c(s1)CC1C(C)(CO)C(O)CCC1(C)C2CC(=O)NCCN(C)C. The number of nitrogens with one attached hydrogen (secondary N) is 2. The van der Waals surface area contributed by atoms with Gasteiger partial charge in [-0.2, -0.15) is 0 Å². The maximum atomic E-state index is 13.0. The van der Waals surface area contributed by atoms with E-state index in [0.717, 1.165) is 23.5 Å². The Morgan fingerprint density at radius 2 is 2.12 bits per heavy atom. The highest BCUT2D eigenvalue weighted by Crippen LogP contribution is 2.62. The van der Waals surface area contributed by atoms with Crippen molar-refractivity contribution in [3.63, 3.8) is 0 Å². The summed E-state index contributed by atoms with van der Waals surface area (Å²) in [5.74, 6) is -0.291. The molecule has 4 N–H and O–H groups in total. The number of carbonyl (C=O) groups excluding carboxylic acids is 2. The number of anilines is 1. The summed E-state index contributed by atoms with van der Waals surface area (Å²) in [6, 6.07) is 0. The molecular weight excluding hydrogens is 456 g/mol. The molecule has 3 rings (SSSR count). The van der Waals surface area contributed by atoms with Crippen molar-refractivity contribution in [1.29, 1.82) is 0 Å². The van der Waals surface area contributed by atoms with Crippen molar-refractivity contribution in [2.24, 2.45) is 16.7 Å². The molecule has 9 nitrogen and oxygen atoms in total. The van der Waals surface area contributed by atoms with E-state index < -0.39 is 17.6 Å². The molecule has 2 aliphatic carbocycles. The van der Waals surface area contributed by atoms with Gasteiger partial charge in [0.25, 0.3) is 0 Å². The van der Waals surface area contributed by atoms with Gasteiger partial charge >= 0.3 is 6.09 Å². The Balaban J connectivity index is 1.93. The zero-order valence-electron chi connectivity index (χ0n) is 20.6. The van der Waals surface area contributed by atoms with Crippen LogP contribution in [0.4, 0.5) is 9.93 Å². The molecule has 0 bridgehead atoms. The summed E-state index contributed by atoms with van der Waals surface area (Å²) >= 11 is 1.37. The third-order valence-electron chi connectivity index (χ3n) is 7.71. The van der Waals surface area contributed by atoms with Crippen LogP contribution in [0.25, 0.3) is 0 Å². The quantitative estimate of drug-likeness (QED) is 0.389. The van der Waals surface area contributed by atoms with Crippen molar-refractivity contribution in [2.45, 2.75) is 51.6 Å². The van der Waals surface area contributed by atoms with Crippen LogP contribution >= 0.6 is 11.3 Å². The van der Waals surface area contributed by atoms with Gasteiger partial charge < -0.3 is 25.2 Å². The lowest BCUT2D eigenvalue weighted by Gasteiger charge is -2.58. The largest absolute Gasteiger partial charge is 0.445 e. The average Bonchev–Trinajstić information content (AvgIpc) is 3.18. The van der Waals surface area contributed by atoms with Gasteiger partial charge in [0.1, 0.15) is 6.61 Å². The second-order valence-corrected chi connectivity index (χ2v) is 11.3. The first-order valence-corrected chi connectivity index (χ1v) is 12.6. The van der Waals surface area contributed by atoms with Crippen molar-refractivity contribution in [3.05, 3.63) is 23.2 Å². The zero-order chi connectivity index (χ0) is 25.1. The van der Waals surface area contributed by atoms with Crippen molar-refractivity contribution in [2.75, 3.05) is 45.7 Å². The third-order valence-corrected chi connectivity index (χ3v) is 8.71. The lowest BCUT2D eigenvalue weighted by atomic mass is 9.47. The second-order valence-electron chi connectivity index (χ2n) is 10.2. The minimum Gasteiger partial charge on any atom is -0.445 e. The smallest absolute Gasteiger partial charge is 0.413 e. The molecule has 0 spiro atoms. The Kier molecular flexibility index (Phi) is 8.38. The summed E-state index contributed by atoms with van der Waals surface area (Å²) in [7, 11) is 3.91. The molecule has 5 atom stereocenters. The van der Waals surface area contributed by atoms with Crippen LogP contribution in [0, 0.1) is 16.7 Å². The number of aromatic nitrogens is 1. The number of nitrogens with zero attached hydrogens (tertiary/aromatic N) is 2. The molecule has 2 aliphatic rings. The highest BCUT2D eigenvalue weighted by molar-refractivity contribution is 7.15. The van der Waals surface area contributed by atoms with Crippen molar-refractivity contribution in [3.8, 4) is 0 Å². The number of ether oxygens (including phenoxy) is 1. The topological polar surface area (TPSA) is 124 Å². The number of hydrogen-bond acceptors (Lipinski definition) is 8. The average molecular weight is 495 g/mol. The number of likely N-dealkylation sites (N-methyl/N-ethyl adjacent to an activating group) is 1. The van der Waals surface area contributed by atoms with Crippen LogP contribution < -0.4 is 10.6 Å². The van der Waals surface area contributed by atoms with Crippen LogP contribution in [0.5, 0.6) is 0 Å². The number of carbonyl (C=O) groups is 2. The molecule has 0 aliphatic heterocycles. The van der Waals surface area contributed by atoms with Crippen LogP contribution in [-0.4, -0.2) is 78.6 Å². The fraction of sp³-hybridized carbons (Fsp3) is 0.708. The predicted molar refractivity (Wildman–Crippen MR) is 132 cm³/mol. The van der Waals surface area contributed by atoms with Gasteiger partial charge in [-0.1, -0.05) is 26.5 Å². The number of amides is 2. The Morgan fingerprint density at radius 3 is 2.76 bits per heavy atom.